The van der Waals surface area contributed by atoms with Gasteiger partial charge in [0.25, 0.3) is 11.8 Å². The van der Waals surface area contributed by atoms with Crippen LogP contribution in [0, 0.1) is 12.7 Å². The summed E-state index contributed by atoms with van der Waals surface area (Å²) in [5.41, 5.74) is 9.98. The first-order chi connectivity index (χ1) is 16.8. The van der Waals surface area contributed by atoms with Gasteiger partial charge in [-0.15, -0.1) is 0 Å². The van der Waals surface area contributed by atoms with Crippen molar-refractivity contribution in [2.75, 3.05) is 6.61 Å². The first kappa shape index (κ1) is 22.8. The number of primary amides is 1. The zero-order chi connectivity index (χ0) is 24.7. The highest BCUT2D eigenvalue weighted by atomic mass is 19.1. The molecule has 0 spiro atoms. The van der Waals surface area contributed by atoms with Gasteiger partial charge >= 0.3 is 0 Å². The standard InChI is InChI=1S/C28H25FN2O4/c1-16-2-4-19(27(34)31-28(15-32)10-11-28)14-20(16)12-17-3-9-23-22(13-17)24(26(30)33)25(35-23)18-5-7-21(29)8-6-18/h2-9,13-14,32H,10-12,15H2,1H3,(H2,30,33)(H,31,34). The first-order valence-corrected chi connectivity index (χ1v) is 11.4. The number of benzene rings is 3. The summed E-state index contributed by atoms with van der Waals surface area (Å²) < 4.78 is 19.3. The van der Waals surface area contributed by atoms with Crippen LogP contribution in [0.5, 0.6) is 0 Å². The summed E-state index contributed by atoms with van der Waals surface area (Å²) in [6, 6.07) is 16.8. The zero-order valence-corrected chi connectivity index (χ0v) is 19.2. The fourth-order valence-corrected chi connectivity index (χ4v) is 4.31. The van der Waals surface area contributed by atoms with Crippen LogP contribution in [0.15, 0.2) is 65.1 Å². The molecule has 1 saturated carbocycles. The predicted molar refractivity (Wildman–Crippen MR) is 131 cm³/mol. The monoisotopic (exact) mass is 472 g/mol. The minimum atomic E-state index is -0.632. The maximum absolute atomic E-state index is 13.4. The van der Waals surface area contributed by atoms with Crippen molar-refractivity contribution in [2.24, 2.45) is 5.73 Å². The van der Waals surface area contributed by atoms with Crippen molar-refractivity contribution in [3.05, 3.63) is 94.3 Å². The van der Waals surface area contributed by atoms with E-state index in [0.29, 0.717) is 34.3 Å². The number of aliphatic hydroxyl groups excluding tert-OH is 1. The number of halogens is 1. The van der Waals surface area contributed by atoms with Crippen LogP contribution >= 0.6 is 0 Å². The lowest BCUT2D eigenvalue weighted by molar-refractivity contribution is 0.0906. The molecule has 1 fully saturated rings. The van der Waals surface area contributed by atoms with Gasteiger partial charge in [-0.3, -0.25) is 9.59 Å². The molecule has 5 rings (SSSR count). The van der Waals surface area contributed by atoms with E-state index >= 15 is 0 Å². The number of aliphatic hydroxyl groups is 1. The number of carbonyl (C=O) groups is 2. The molecule has 3 aromatic carbocycles. The number of hydrogen-bond donors (Lipinski definition) is 3. The molecular weight excluding hydrogens is 447 g/mol. The van der Waals surface area contributed by atoms with Crippen LogP contribution in [-0.4, -0.2) is 29.1 Å². The van der Waals surface area contributed by atoms with Gasteiger partial charge in [0.1, 0.15) is 17.2 Å². The van der Waals surface area contributed by atoms with Gasteiger partial charge in [-0.1, -0.05) is 12.1 Å². The summed E-state index contributed by atoms with van der Waals surface area (Å²) in [6.07, 6.45) is 2.09. The lowest BCUT2D eigenvalue weighted by atomic mass is 9.96. The third-order valence-corrected chi connectivity index (χ3v) is 6.65. The molecular formula is C28H25FN2O4. The Morgan fingerprint density at radius 2 is 1.83 bits per heavy atom. The average molecular weight is 473 g/mol. The molecule has 4 aromatic rings. The Morgan fingerprint density at radius 1 is 1.09 bits per heavy atom. The summed E-state index contributed by atoms with van der Waals surface area (Å²) in [7, 11) is 0. The normalized spacial score (nSPS) is 14.1. The molecule has 7 heteroatoms. The lowest BCUT2D eigenvalue weighted by Gasteiger charge is -2.15. The highest BCUT2D eigenvalue weighted by molar-refractivity contribution is 6.10. The van der Waals surface area contributed by atoms with E-state index in [4.69, 9.17) is 10.2 Å². The van der Waals surface area contributed by atoms with Crippen LogP contribution < -0.4 is 11.1 Å². The molecule has 0 aliphatic heterocycles. The number of aryl methyl sites for hydroxylation is 1. The minimum Gasteiger partial charge on any atom is -0.455 e. The van der Waals surface area contributed by atoms with Gasteiger partial charge in [-0.25, -0.2) is 4.39 Å². The highest BCUT2D eigenvalue weighted by Crippen LogP contribution is 2.36. The minimum absolute atomic E-state index is 0.0652. The summed E-state index contributed by atoms with van der Waals surface area (Å²) in [5.74, 6) is -0.920. The van der Waals surface area contributed by atoms with Gasteiger partial charge in [0, 0.05) is 16.5 Å². The summed E-state index contributed by atoms with van der Waals surface area (Å²) >= 11 is 0. The average Bonchev–Trinajstić information content (AvgIpc) is 3.51. The van der Waals surface area contributed by atoms with E-state index in [2.05, 4.69) is 5.32 Å². The van der Waals surface area contributed by atoms with Crippen molar-refractivity contribution in [2.45, 2.75) is 31.7 Å². The Labute approximate surface area is 201 Å². The number of hydrogen-bond acceptors (Lipinski definition) is 4. The molecule has 0 bridgehead atoms. The molecule has 0 atom stereocenters. The fourth-order valence-electron chi connectivity index (χ4n) is 4.31. The molecule has 1 aliphatic rings. The molecule has 6 nitrogen and oxygen atoms in total. The van der Waals surface area contributed by atoms with Crippen LogP contribution in [0.4, 0.5) is 4.39 Å². The summed E-state index contributed by atoms with van der Waals surface area (Å²) in [6.45, 7) is 1.91. The first-order valence-electron chi connectivity index (χ1n) is 11.4. The van der Waals surface area contributed by atoms with E-state index in [1.165, 1.54) is 12.1 Å². The van der Waals surface area contributed by atoms with Crippen LogP contribution in [0.2, 0.25) is 0 Å². The zero-order valence-electron chi connectivity index (χ0n) is 19.2. The van der Waals surface area contributed by atoms with Crippen molar-refractivity contribution in [3.8, 4) is 11.3 Å². The summed E-state index contributed by atoms with van der Waals surface area (Å²) in [5, 5.41) is 13.0. The van der Waals surface area contributed by atoms with Crippen LogP contribution in [0.25, 0.3) is 22.3 Å². The number of rotatable bonds is 7. The smallest absolute Gasteiger partial charge is 0.253 e. The molecule has 35 heavy (non-hydrogen) atoms. The Hall–Kier alpha value is -3.97. The SMILES string of the molecule is Cc1ccc(C(=O)NC2(CO)CC2)cc1Cc1ccc2oc(-c3ccc(F)cc3)c(C(N)=O)c2c1. The number of amides is 2. The Bertz CT molecular complexity index is 1450. The second kappa shape index (κ2) is 8.67. The number of carbonyl (C=O) groups excluding carboxylic acids is 2. The van der Waals surface area contributed by atoms with Crippen molar-refractivity contribution in [1.82, 2.24) is 5.32 Å². The quantitative estimate of drug-likeness (QED) is 0.368. The number of nitrogens with two attached hydrogens (primary N) is 1. The molecule has 2 amide bonds. The second-order valence-corrected chi connectivity index (χ2v) is 9.22. The Morgan fingerprint density at radius 3 is 2.49 bits per heavy atom. The van der Waals surface area contributed by atoms with Crippen molar-refractivity contribution >= 4 is 22.8 Å². The Kier molecular flexibility index (Phi) is 5.65. The second-order valence-electron chi connectivity index (χ2n) is 9.22. The highest BCUT2D eigenvalue weighted by Gasteiger charge is 2.43. The van der Waals surface area contributed by atoms with E-state index in [0.717, 1.165) is 29.5 Å². The van der Waals surface area contributed by atoms with Crippen molar-refractivity contribution in [1.29, 1.82) is 0 Å². The van der Waals surface area contributed by atoms with Gasteiger partial charge in [0.15, 0.2) is 0 Å². The van der Waals surface area contributed by atoms with Gasteiger partial charge in [-0.05, 0) is 91.4 Å². The van der Waals surface area contributed by atoms with E-state index in [9.17, 15) is 19.1 Å². The fraction of sp³-hybridized carbons (Fsp3) is 0.214. The van der Waals surface area contributed by atoms with E-state index in [1.807, 2.05) is 31.2 Å². The lowest BCUT2D eigenvalue weighted by Crippen LogP contribution is -2.39. The van der Waals surface area contributed by atoms with Crippen molar-refractivity contribution < 1.29 is 23.5 Å². The van der Waals surface area contributed by atoms with Crippen molar-refractivity contribution in [3.63, 3.8) is 0 Å². The van der Waals surface area contributed by atoms with Gasteiger partial charge in [0.2, 0.25) is 0 Å². The van der Waals surface area contributed by atoms with Crippen LogP contribution in [0.3, 0.4) is 0 Å². The number of furan rings is 1. The molecule has 1 heterocycles. The van der Waals surface area contributed by atoms with E-state index in [1.54, 1.807) is 24.3 Å². The molecule has 0 saturated heterocycles. The third-order valence-electron chi connectivity index (χ3n) is 6.65. The van der Waals surface area contributed by atoms with Crippen LogP contribution in [0.1, 0.15) is 50.2 Å². The Balaban J connectivity index is 1.48. The molecule has 4 N–H and O–H groups in total. The summed E-state index contributed by atoms with van der Waals surface area (Å²) in [4.78, 5) is 25.1. The molecule has 0 unspecified atom stereocenters. The number of fused-ring (bicyclic) bond motifs is 1. The topological polar surface area (TPSA) is 106 Å². The third kappa shape index (κ3) is 4.42. The largest absolute Gasteiger partial charge is 0.455 e. The maximum Gasteiger partial charge on any atom is 0.253 e. The molecule has 178 valence electrons. The predicted octanol–water partition coefficient (Wildman–Crippen LogP) is 4.49. The van der Waals surface area contributed by atoms with Gasteiger partial charge in [0.05, 0.1) is 17.7 Å². The van der Waals surface area contributed by atoms with Crippen LogP contribution in [-0.2, 0) is 6.42 Å². The number of nitrogens with one attached hydrogen (secondary N) is 1. The maximum atomic E-state index is 13.4. The molecule has 1 aliphatic carbocycles. The van der Waals surface area contributed by atoms with E-state index < -0.39 is 11.4 Å². The van der Waals surface area contributed by atoms with E-state index in [-0.39, 0.29) is 23.9 Å². The van der Waals surface area contributed by atoms with Gasteiger partial charge < -0.3 is 20.6 Å². The van der Waals surface area contributed by atoms with Gasteiger partial charge in [-0.2, -0.15) is 0 Å². The molecule has 0 radical (unpaired) electrons. The molecule has 1 aromatic heterocycles.